The SMILES string of the molecule is CC=C(Cl)C(C)Cc1ccc2cccnc2c1N=O. The minimum atomic E-state index is 0.160. The van der Waals surface area contributed by atoms with Crippen LogP contribution in [0, 0.1) is 10.8 Å². The van der Waals surface area contributed by atoms with Crippen molar-refractivity contribution in [1.82, 2.24) is 4.98 Å². The Balaban J connectivity index is 2.46. The van der Waals surface area contributed by atoms with E-state index < -0.39 is 0 Å². The van der Waals surface area contributed by atoms with Gasteiger partial charge in [0.05, 0.1) is 5.52 Å². The van der Waals surface area contributed by atoms with Crippen LogP contribution in [0.2, 0.25) is 0 Å². The first-order valence-corrected chi connectivity index (χ1v) is 6.56. The second-order valence-corrected chi connectivity index (χ2v) is 4.95. The summed E-state index contributed by atoms with van der Waals surface area (Å²) >= 11 is 6.12. The molecule has 0 N–H and O–H groups in total. The Kier molecular flexibility index (Phi) is 4.27. The molecule has 0 amide bonds. The average Bonchev–Trinajstić information content (AvgIpc) is 2.46. The van der Waals surface area contributed by atoms with Gasteiger partial charge in [-0.15, -0.1) is 4.91 Å². The van der Waals surface area contributed by atoms with Crippen molar-refractivity contribution in [2.24, 2.45) is 11.1 Å². The Bertz CT molecular complexity index is 637. The van der Waals surface area contributed by atoms with E-state index in [1.54, 1.807) is 6.20 Å². The van der Waals surface area contributed by atoms with Crippen LogP contribution in [0.25, 0.3) is 10.9 Å². The zero-order valence-electron chi connectivity index (χ0n) is 10.9. The van der Waals surface area contributed by atoms with E-state index in [0.29, 0.717) is 17.6 Å². The van der Waals surface area contributed by atoms with Gasteiger partial charge in [0.25, 0.3) is 0 Å². The number of hydrogen-bond donors (Lipinski definition) is 0. The summed E-state index contributed by atoms with van der Waals surface area (Å²) in [4.78, 5) is 15.4. The van der Waals surface area contributed by atoms with Crippen LogP contribution in [-0.4, -0.2) is 4.98 Å². The number of benzene rings is 1. The van der Waals surface area contributed by atoms with E-state index in [0.717, 1.165) is 16.0 Å². The summed E-state index contributed by atoms with van der Waals surface area (Å²) in [7, 11) is 0. The van der Waals surface area contributed by atoms with E-state index >= 15 is 0 Å². The molecule has 0 bridgehead atoms. The zero-order valence-corrected chi connectivity index (χ0v) is 11.7. The third-order valence-electron chi connectivity index (χ3n) is 3.20. The van der Waals surface area contributed by atoms with Gasteiger partial charge in [0.2, 0.25) is 0 Å². The summed E-state index contributed by atoms with van der Waals surface area (Å²) in [6.45, 7) is 3.93. The largest absolute Gasteiger partial charge is 0.254 e. The molecule has 2 rings (SSSR count). The lowest BCUT2D eigenvalue weighted by Gasteiger charge is -2.12. The zero-order chi connectivity index (χ0) is 13.8. The molecule has 0 aliphatic heterocycles. The van der Waals surface area contributed by atoms with Crippen molar-refractivity contribution < 1.29 is 0 Å². The van der Waals surface area contributed by atoms with E-state index in [4.69, 9.17) is 11.6 Å². The summed E-state index contributed by atoms with van der Waals surface area (Å²) < 4.78 is 0. The summed E-state index contributed by atoms with van der Waals surface area (Å²) in [6, 6.07) is 7.65. The lowest BCUT2D eigenvalue weighted by atomic mass is 9.97. The van der Waals surface area contributed by atoms with Gasteiger partial charge in [0, 0.05) is 16.6 Å². The topological polar surface area (TPSA) is 42.3 Å². The van der Waals surface area contributed by atoms with Gasteiger partial charge in [-0.05, 0) is 36.1 Å². The first-order chi connectivity index (χ1) is 9.17. The molecule has 1 atom stereocenters. The number of hydrogen-bond acceptors (Lipinski definition) is 3. The maximum atomic E-state index is 11.1. The second kappa shape index (κ2) is 5.93. The number of pyridine rings is 1. The van der Waals surface area contributed by atoms with Crippen LogP contribution in [0.15, 0.2) is 46.7 Å². The third-order valence-corrected chi connectivity index (χ3v) is 3.79. The van der Waals surface area contributed by atoms with Crippen molar-refractivity contribution in [1.29, 1.82) is 0 Å². The van der Waals surface area contributed by atoms with Gasteiger partial charge in [-0.2, -0.15) is 0 Å². The molecule has 1 aromatic carbocycles. The molecule has 1 unspecified atom stereocenters. The first kappa shape index (κ1) is 13.7. The van der Waals surface area contributed by atoms with E-state index in [1.807, 2.05) is 44.2 Å². The molecule has 0 radical (unpaired) electrons. The summed E-state index contributed by atoms with van der Waals surface area (Å²) in [5.41, 5.74) is 1.96. The van der Waals surface area contributed by atoms with E-state index in [2.05, 4.69) is 10.2 Å². The van der Waals surface area contributed by atoms with Crippen molar-refractivity contribution in [3.8, 4) is 0 Å². The van der Waals surface area contributed by atoms with Gasteiger partial charge in [-0.1, -0.05) is 42.8 Å². The standard InChI is InChI=1S/C15H15ClN2O/c1-3-13(16)10(2)9-12-7-6-11-5-4-8-17-14(11)15(12)18-19/h3-8,10H,9H2,1-2H3. The monoisotopic (exact) mass is 274 g/mol. The molecule has 98 valence electrons. The Labute approximate surface area is 117 Å². The summed E-state index contributed by atoms with van der Waals surface area (Å²) in [5, 5.41) is 4.87. The van der Waals surface area contributed by atoms with Gasteiger partial charge in [-0.3, -0.25) is 4.98 Å². The number of allylic oxidation sites excluding steroid dienone is 2. The number of fused-ring (bicyclic) bond motifs is 1. The van der Waals surface area contributed by atoms with Gasteiger partial charge in [0.15, 0.2) is 0 Å². The van der Waals surface area contributed by atoms with Crippen LogP contribution >= 0.6 is 11.6 Å². The molecule has 0 aliphatic carbocycles. The van der Waals surface area contributed by atoms with Crippen LogP contribution in [-0.2, 0) is 6.42 Å². The molecule has 1 heterocycles. The lowest BCUT2D eigenvalue weighted by Crippen LogP contribution is -2.00. The third kappa shape index (κ3) is 2.82. The van der Waals surface area contributed by atoms with Gasteiger partial charge < -0.3 is 0 Å². The molecule has 1 aromatic heterocycles. The van der Waals surface area contributed by atoms with Crippen molar-refractivity contribution in [3.05, 3.63) is 52.0 Å². The fraction of sp³-hybridized carbons (Fsp3) is 0.267. The predicted octanol–water partition coefficient (Wildman–Crippen LogP) is 4.95. The highest BCUT2D eigenvalue weighted by atomic mass is 35.5. The number of nitrogens with zero attached hydrogens (tertiary/aromatic N) is 2. The molecular formula is C15H15ClN2O. The highest BCUT2D eigenvalue weighted by Gasteiger charge is 2.14. The van der Waals surface area contributed by atoms with Gasteiger partial charge in [0.1, 0.15) is 5.69 Å². The first-order valence-electron chi connectivity index (χ1n) is 6.19. The molecule has 4 heteroatoms. The van der Waals surface area contributed by atoms with Crippen LogP contribution in [0.5, 0.6) is 0 Å². The molecule has 0 saturated heterocycles. The number of rotatable bonds is 4. The molecule has 3 nitrogen and oxygen atoms in total. The van der Waals surface area contributed by atoms with Crippen molar-refractivity contribution in [2.75, 3.05) is 0 Å². The molecule has 0 aliphatic rings. The van der Waals surface area contributed by atoms with E-state index in [1.165, 1.54) is 0 Å². The smallest absolute Gasteiger partial charge is 0.137 e. The highest BCUT2D eigenvalue weighted by Crippen LogP contribution is 2.31. The number of nitroso groups, excluding NO2 is 1. The van der Waals surface area contributed by atoms with Gasteiger partial charge >= 0.3 is 0 Å². The predicted molar refractivity (Wildman–Crippen MR) is 79.7 cm³/mol. The Morgan fingerprint density at radius 3 is 2.95 bits per heavy atom. The van der Waals surface area contributed by atoms with Crippen LogP contribution < -0.4 is 0 Å². The van der Waals surface area contributed by atoms with Crippen molar-refractivity contribution >= 4 is 28.2 Å². The fourth-order valence-electron chi connectivity index (χ4n) is 2.15. The molecule has 0 spiro atoms. The van der Waals surface area contributed by atoms with Crippen LogP contribution in [0.1, 0.15) is 19.4 Å². The van der Waals surface area contributed by atoms with Crippen LogP contribution in [0.4, 0.5) is 5.69 Å². The fourth-order valence-corrected chi connectivity index (χ4v) is 2.23. The highest BCUT2D eigenvalue weighted by molar-refractivity contribution is 6.29. The maximum absolute atomic E-state index is 11.1. The molecule has 0 fully saturated rings. The summed E-state index contributed by atoms with van der Waals surface area (Å²) in [6.07, 6.45) is 4.22. The summed E-state index contributed by atoms with van der Waals surface area (Å²) in [5.74, 6) is 0.160. The van der Waals surface area contributed by atoms with Crippen molar-refractivity contribution in [2.45, 2.75) is 20.3 Å². The maximum Gasteiger partial charge on any atom is 0.137 e. The quantitative estimate of drug-likeness (QED) is 0.740. The molecule has 0 saturated carbocycles. The average molecular weight is 275 g/mol. The van der Waals surface area contributed by atoms with Crippen LogP contribution in [0.3, 0.4) is 0 Å². The Morgan fingerprint density at radius 1 is 1.47 bits per heavy atom. The molecule has 19 heavy (non-hydrogen) atoms. The number of halogens is 1. The molecule has 2 aromatic rings. The molecular weight excluding hydrogens is 260 g/mol. The van der Waals surface area contributed by atoms with E-state index in [9.17, 15) is 4.91 Å². The minimum Gasteiger partial charge on any atom is -0.254 e. The van der Waals surface area contributed by atoms with Gasteiger partial charge in [-0.25, -0.2) is 0 Å². The number of aromatic nitrogens is 1. The Hall–Kier alpha value is -1.74. The second-order valence-electron chi connectivity index (χ2n) is 4.52. The normalized spacial score (nSPS) is 13.5. The minimum absolute atomic E-state index is 0.160. The Morgan fingerprint density at radius 2 is 2.26 bits per heavy atom. The lowest BCUT2D eigenvalue weighted by molar-refractivity contribution is 0.709. The van der Waals surface area contributed by atoms with Crippen molar-refractivity contribution in [3.63, 3.8) is 0 Å². The van der Waals surface area contributed by atoms with E-state index in [-0.39, 0.29) is 5.92 Å².